The van der Waals surface area contributed by atoms with Crippen LogP contribution in [0.1, 0.15) is 54.1 Å². The molecule has 0 spiro atoms. The number of nitrogens with one attached hydrogen (secondary N) is 1. The zero-order chi connectivity index (χ0) is 29.5. The fourth-order valence-corrected chi connectivity index (χ4v) is 5.52. The maximum atomic E-state index is 11.3. The van der Waals surface area contributed by atoms with Crippen LogP contribution in [0.3, 0.4) is 0 Å². The van der Waals surface area contributed by atoms with Crippen molar-refractivity contribution < 1.29 is 19.4 Å². The van der Waals surface area contributed by atoms with E-state index in [1.54, 1.807) is 0 Å². The first kappa shape index (κ1) is 29.7. The van der Waals surface area contributed by atoms with Crippen LogP contribution in [0.25, 0.3) is 11.1 Å². The Bertz CT molecular complexity index is 1440. The minimum Gasteiger partial charge on any atom is -0.392 e. The summed E-state index contributed by atoms with van der Waals surface area (Å²) < 4.78 is 13.3. The van der Waals surface area contributed by atoms with Gasteiger partial charge in [-0.2, -0.15) is 0 Å². The van der Waals surface area contributed by atoms with Crippen LogP contribution >= 0.6 is 0 Å². The first-order valence-corrected chi connectivity index (χ1v) is 14.6. The molecule has 4 aromatic carbocycles. The molecule has 42 heavy (non-hydrogen) atoms. The van der Waals surface area contributed by atoms with Crippen molar-refractivity contribution >= 4 is 5.91 Å². The van der Waals surface area contributed by atoms with Crippen LogP contribution in [0.5, 0.6) is 0 Å². The van der Waals surface area contributed by atoms with Gasteiger partial charge in [0.1, 0.15) is 0 Å². The summed E-state index contributed by atoms with van der Waals surface area (Å²) in [5.74, 6) is 0.0730. The van der Waals surface area contributed by atoms with Crippen molar-refractivity contribution in [1.29, 1.82) is 0 Å². The average Bonchev–Trinajstić information content (AvgIpc) is 3.02. The predicted octanol–water partition coefficient (Wildman–Crippen LogP) is 6.41. The number of amides is 1. The number of aliphatic hydroxyl groups is 1. The number of carbonyl (C=O) groups excluding carboxylic acids is 1. The molecule has 0 unspecified atom stereocenters. The lowest BCUT2D eigenvalue weighted by Gasteiger charge is -2.42. The quantitative estimate of drug-likeness (QED) is 0.233. The van der Waals surface area contributed by atoms with Crippen LogP contribution in [0, 0.1) is 5.92 Å². The van der Waals surface area contributed by atoms with Crippen molar-refractivity contribution in [2.75, 3.05) is 13.6 Å². The SMILES string of the molecule is CC(=O)NCc1cccc(-c2ccc([C@@H]3O[C@H](CN(C)Cc4ccccc4)[C@H](C)[C@H](c4ccc(CO)cc4)O3)cc2)c1. The highest BCUT2D eigenvalue weighted by Crippen LogP contribution is 2.42. The zero-order valence-corrected chi connectivity index (χ0v) is 24.6. The summed E-state index contributed by atoms with van der Waals surface area (Å²) >= 11 is 0. The van der Waals surface area contributed by atoms with Crippen LogP contribution in [0.2, 0.25) is 0 Å². The van der Waals surface area contributed by atoms with Crippen molar-refractivity contribution in [3.05, 3.63) is 131 Å². The third-order valence-corrected chi connectivity index (χ3v) is 7.89. The molecule has 0 aromatic heterocycles. The molecule has 4 aromatic rings. The van der Waals surface area contributed by atoms with Gasteiger partial charge < -0.3 is 19.9 Å². The molecule has 1 amide bonds. The fraction of sp³-hybridized carbons (Fsp3) is 0.306. The van der Waals surface area contributed by atoms with Gasteiger partial charge in [-0.3, -0.25) is 9.69 Å². The summed E-state index contributed by atoms with van der Waals surface area (Å²) in [5, 5.41) is 12.4. The topological polar surface area (TPSA) is 71.0 Å². The highest BCUT2D eigenvalue weighted by molar-refractivity contribution is 5.73. The zero-order valence-electron chi connectivity index (χ0n) is 24.6. The van der Waals surface area contributed by atoms with Gasteiger partial charge in [-0.15, -0.1) is 0 Å². The number of likely N-dealkylation sites (N-methyl/N-ethyl adjacent to an activating group) is 1. The number of benzene rings is 4. The molecule has 4 atom stereocenters. The summed E-state index contributed by atoms with van der Waals surface area (Å²) in [6, 6.07) is 35.1. The molecule has 1 saturated heterocycles. The number of carbonyl (C=O) groups is 1. The fourth-order valence-electron chi connectivity index (χ4n) is 5.52. The van der Waals surface area contributed by atoms with Gasteiger partial charge in [-0.1, -0.05) is 104 Å². The van der Waals surface area contributed by atoms with Gasteiger partial charge in [0.2, 0.25) is 5.91 Å². The van der Waals surface area contributed by atoms with Crippen LogP contribution in [0.4, 0.5) is 0 Å². The van der Waals surface area contributed by atoms with E-state index >= 15 is 0 Å². The predicted molar refractivity (Wildman–Crippen MR) is 165 cm³/mol. The Morgan fingerprint density at radius 2 is 1.50 bits per heavy atom. The molecular weight excluding hydrogens is 524 g/mol. The summed E-state index contributed by atoms with van der Waals surface area (Å²) in [5.41, 5.74) is 7.42. The van der Waals surface area contributed by atoms with E-state index in [9.17, 15) is 9.90 Å². The second-order valence-electron chi connectivity index (χ2n) is 11.2. The lowest BCUT2D eigenvalue weighted by atomic mass is 9.90. The Kier molecular flexibility index (Phi) is 9.82. The molecule has 5 rings (SSSR count). The highest BCUT2D eigenvalue weighted by Gasteiger charge is 2.38. The lowest BCUT2D eigenvalue weighted by molar-refractivity contribution is -0.276. The molecule has 1 aliphatic rings. The van der Waals surface area contributed by atoms with Crippen molar-refractivity contribution in [3.63, 3.8) is 0 Å². The molecule has 218 valence electrons. The molecule has 1 heterocycles. The van der Waals surface area contributed by atoms with E-state index in [0.29, 0.717) is 6.54 Å². The lowest BCUT2D eigenvalue weighted by Crippen LogP contribution is -2.43. The van der Waals surface area contributed by atoms with Crippen molar-refractivity contribution in [2.24, 2.45) is 5.92 Å². The van der Waals surface area contributed by atoms with Gasteiger partial charge in [-0.25, -0.2) is 0 Å². The van der Waals surface area contributed by atoms with Crippen LogP contribution in [-0.2, 0) is 34.0 Å². The summed E-state index contributed by atoms with van der Waals surface area (Å²) in [7, 11) is 2.13. The third kappa shape index (κ3) is 7.52. The maximum Gasteiger partial charge on any atom is 0.217 e. The highest BCUT2D eigenvalue weighted by atomic mass is 16.7. The van der Waals surface area contributed by atoms with Crippen molar-refractivity contribution in [2.45, 2.75) is 52.0 Å². The van der Waals surface area contributed by atoms with E-state index in [1.165, 1.54) is 12.5 Å². The number of hydrogen-bond donors (Lipinski definition) is 2. The minimum atomic E-state index is -0.515. The van der Waals surface area contributed by atoms with Gasteiger partial charge >= 0.3 is 0 Å². The molecule has 0 bridgehead atoms. The Labute approximate surface area is 248 Å². The number of hydrogen-bond acceptors (Lipinski definition) is 5. The summed E-state index contributed by atoms with van der Waals surface area (Å²) in [6.07, 6.45) is -0.721. The molecule has 6 heteroatoms. The Balaban J connectivity index is 1.36. The second-order valence-corrected chi connectivity index (χ2v) is 11.2. The number of rotatable bonds is 10. The van der Waals surface area contributed by atoms with E-state index in [0.717, 1.165) is 46.5 Å². The van der Waals surface area contributed by atoms with E-state index in [-0.39, 0.29) is 30.6 Å². The summed E-state index contributed by atoms with van der Waals surface area (Å²) in [4.78, 5) is 13.6. The molecule has 1 fully saturated rings. The number of nitrogens with zero attached hydrogens (tertiary/aromatic N) is 1. The van der Waals surface area contributed by atoms with E-state index in [1.807, 2.05) is 30.3 Å². The minimum absolute atomic E-state index is 0.0164. The number of aliphatic hydroxyl groups excluding tert-OH is 1. The normalized spacial score (nSPS) is 20.4. The molecular formula is C36H40N2O4. The molecule has 0 radical (unpaired) electrons. The van der Waals surface area contributed by atoms with E-state index in [4.69, 9.17) is 9.47 Å². The molecule has 0 saturated carbocycles. The smallest absolute Gasteiger partial charge is 0.217 e. The Morgan fingerprint density at radius 1 is 0.810 bits per heavy atom. The van der Waals surface area contributed by atoms with E-state index < -0.39 is 6.29 Å². The first-order valence-electron chi connectivity index (χ1n) is 14.6. The number of ether oxygens (including phenoxy) is 2. The molecule has 0 aliphatic carbocycles. The largest absolute Gasteiger partial charge is 0.392 e. The molecule has 6 nitrogen and oxygen atoms in total. The van der Waals surface area contributed by atoms with Gasteiger partial charge in [0, 0.05) is 38.0 Å². The second kappa shape index (κ2) is 13.9. The molecule has 2 N–H and O–H groups in total. The van der Waals surface area contributed by atoms with Crippen LogP contribution in [0.15, 0.2) is 103 Å². The Hall–Kier alpha value is -3.81. The van der Waals surface area contributed by atoms with Crippen LogP contribution < -0.4 is 5.32 Å². The van der Waals surface area contributed by atoms with Gasteiger partial charge in [0.05, 0.1) is 18.8 Å². The van der Waals surface area contributed by atoms with Crippen molar-refractivity contribution in [1.82, 2.24) is 10.2 Å². The first-order chi connectivity index (χ1) is 20.4. The van der Waals surface area contributed by atoms with Gasteiger partial charge in [-0.05, 0) is 46.5 Å². The van der Waals surface area contributed by atoms with Crippen molar-refractivity contribution in [3.8, 4) is 11.1 Å². The molecule has 1 aliphatic heterocycles. The van der Waals surface area contributed by atoms with Gasteiger partial charge in [0.15, 0.2) is 6.29 Å². The summed E-state index contributed by atoms with van der Waals surface area (Å²) in [6.45, 7) is 5.84. The average molecular weight is 565 g/mol. The van der Waals surface area contributed by atoms with Crippen LogP contribution in [-0.4, -0.2) is 35.6 Å². The monoisotopic (exact) mass is 564 g/mol. The maximum absolute atomic E-state index is 11.3. The third-order valence-electron chi connectivity index (χ3n) is 7.89. The van der Waals surface area contributed by atoms with Gasteiger partial charge in [0.25, 0.3) is 0 Å². The standard InChI is InChI=1S/C36H40N2O4/c1-25-34(23-38(3)22-27-8-5-4-6-9-27)41-36(42-35(25)31-14-12-28(24-39)13-15-31)32-18-16-30(17-19-32)33-11-7-10-29(20-33)21-37-26(2)40/h4-20,25,34-36,39H,21-24H2,1-3H3,(H,37,40)/t25-,34+,35+,36+/m0/s1. The van der Waals surface area contributed by atoms with E-state index in [2.05, 4.69) is 97.0 Å². The Morgan fingerprint density at radius 3 is 2.19 bits per heavy atom.